The lowest BCUT2D eigenvalue weighted by molar-refractivity contribution is -0.109. The molecule has 0 fully saturated rings. The van der Waals surface area contributed by atoms with E-state index >= 15 is 0 Å². The van der Waals surface area contributed by atoms with Gasteiger partial charge in [-0.3, -0.25) is 4.79 Å². The number of rotatable bonds is 3. The number of aromatic hydroxyl groups is 1. The SMILES string of the molecule is O=C1C=Cc2ccccc2/C1=C/c1nc(C=Cc2ccccc2)oc1O. The van der Waals surface area contributed by atoms with E-state index in [0.29, 0.717) is 5.57 Å². The Morgan fingerprint density at radius 1 is 0.923 bits per heavy atom. The zero-order chi connectivity index (χ0) is 17.9. The minimum absolute atomic E-state index is 0.132. The molecule has 0 unspecified atom stereocenters. The Labute approximate surface area is 150 Å². The van der Waals surface area contributed by atoms with Gasteiger partial charge in [0.15, 0.2) is 5.78 Å². The summed E-state index contributed by atoms with van der Waals surface area (Å²) < 4.78 is 5.28. The molecule has 0 saturated heterocycles. The van der Waals surface area contributed by atoms with E-state index in [4.69, 9.17) is 4.42 Å². The molecule has 1 aromatic heterocycles. The summed E-state index contributed by atoms with van der Waals surface area (Å²) in [6.45, 7) is 0. The minimum atomic E-state index is -0.315. The Morgan fingerprint density at radius 3 is 2.54 bits per heavy atom. The maximum atomic E-state index is 12.3. The van der Waals surface area contributed by atoms with Crippen molar-refractivity contribution in [3.8, 4) is 5.95 Å². The van der Waals surface area contributed by atoms with Crippen molar-refractivity contribution < 1.29 is 14.3 Å². The molecule has 0 amide bonds. The van der Waals surface area contributed by atoms with Crippen molar-refractivity contribution in [3.63, 3.8) is 0 Å². The molecule has 0 aliphatic heterocycles. The minimum Gasteiger partial charge on any atom is -0.479 e. The van der Waals surface area contributed by atoms with Gasteiger partial charge in [-0.2, -0.15) is 0 Å². The van der Waals surface area contributed by atoms with E-state index in [9.17, 15) is 9.90 Å². The van der Waals surface area contributed by atoms with Gasteiger partial charge in [-0.25, -0.2) is 4.98 Å². The number of benzene rings is 2. The van der Waals surface area contributed by atoms with Crippen LogP contribution in [0.15, 0.2) is 65.1 Å². The van der Waals surface area contributed by atoms with Gasteiger partial charge >= 0.3 is 5.95 Å². The van der Waals surface area contributed by atoms with E-state index in [1.165, 1.54) is 6.08 Å². The van der Waals surface area contributed by atoms with Crippen LogP contribution < -0.4 is 0 Å². The zero-order valence-corrected chi connectivity index (χ0v) is 13.8. The van der Waals surface area contributed by atoms with Crippen LogP contribution in [0.3, 0.4) is 0 Å². The number of hydrogen-bond acceptors (Lipinski definition) is 4. The molecular weight excluding hydrogens is 326 g/mol. The standard InChI is InChI=1S/C22H15NO3/c24-20-12-11-16-8-4-5-9-17(16)18(20)14-19-22(25)26-21(23-19)13-10-15-6-2-1-3-7-15/h1-14,25H/b13-10?,18-14-. The molecule has 0 bridgehead atoms. The summed E-state index contributed by atoms with van der Waals surface area (Å²) in [5, 5.41) is 10.1. The highest BCUT2D eigenvalue weighted by Gasteiger charge is 2.19. The van der Waals surface area contributed by atoms with Crippen molar-refractivity contribution in [2.24, 2.45) is 0 Å². The molecule has 1 heterocycles. The number of hydrogen-bond donors (Lipinski definition) is 1. The highest BCUT2D eigenvalue weighted by molar-refractivity contribution is 6.33. The molecule has 126 valence electrons. The molecule has 26 heavy (non-hydrogen) atoms. The molecule has 0 saturated carbocycles. The van der Waals surface area contributed by atoms with Crippen LogP contribution in [0.5, 0.6) is 5.95 Å². The van der Waals surface area contributed by atoms with E-state index in [1.54, 1.807) is 18.2 Å². The average molecular weight is 341 g/mol. The second kappa shape index (κ2) is 6.69. The number of aromatic nitrogens is 1. The van der Waals surface area contributed by atoms with Crippen molar-refractivity contribution >= 4 is 35.7 Å². The smallest absolute Gasteiger partial charge is 0.310 e. The van der Waals surface area contributed by atoms with Gasteiger partial charge in [-0.15, -0.1) is 0 Å². The lowest BCUT2D eigenvalue weighted by Gasteiger charge is -2.12. The van der Waals surface area contributed by atoms with E-state index < -0.39 is 0 Å². The lowest BCUT2D eigenvalue weighted by Crippen LogP contribution is -2.04. The largest absolute Gasteiger partial charge is 0.479 e. The molecule has 4 heteroatoms. The summed E-state index contributed by atoms with van der Waals surface area (Å²) in [5.41, 5.74) is 3.46. The third-order valence-corrected chi connectivity index (χ3v) is 4.08. The number of carbonyl (C=O) groups excluding carboxylic acids is 1. The van der Waals surface area contributed by atoms with Gasteiger partial charge in [-0.05, 0) is 34.9 Å². The molecule has 2 aromatic carbocycles. The fraction of sp³-hybridized carbons (Fsp3) is 0. The first-order chi connectivity index (χ1) is 12.7. The molecule has 3 aromatic rings. The van der Waals surface area contributed by atoms with Crippen molar-refractivity contribution in [2.75, 3.05) is 0 Å². The summed E-state index contributed by atoms with van der Waals surface area (Å²) in [4.78, 5) is 16.6. The summed E-state index contributed by atoms with van der Waals surface area (Å²) in [7, 11) is 0. The van der Waals surface area contributed by atoms with Crippen LogP contribution in [0.4, 0.5) is 0 Å². The van der Waals surface area contributed by atoms with Crippen LogP contribution in [-0.4, -0.2) is 15.9 Å². The van der Waals surface area contributed by atoms with Crippen LogP contribution in [-0.2, 0) is 4.79 Å². The molecular formula is C22H15NO3. The van der Waals surface area contributed by atoms with Crippen LogP contribution in [0.1, 0.15) is 28.3 Å². The first kappa shape index (κ1) is 15.8. The second-order valence-corrected chi connectivity index (χ2v) is 5.83. The molecule has 4 rings (SSSR count). The summed E-state index contributed by atoms with van der Waals surface area (Å²) in [5.74, 6) is -0.178. The van der Waals surface area contributed by atoms with E-state index in [-0.39, 0.29) is 23.3 Å². The van der Waals surface area contributed by atoms with Gasteiger partial charge in [0.05, 0.1) is 0 Å². The van der Waals surface area contributed by atoms with Crippen molar-refractivity contribution in [1.29, 1.82) is 0 Å². The predicted octanol–water partition coefficient (Wildman–Crippen LogP) is 4.69. The second-order valence-electron chi connectivity index (χ2n) is 5.83. The zero-order valence-electron chi connectivity index (χ0n) is 13.8. The topological polar surface area (TPSA) is 63.3 Å². The number of fused-ring (bicyclic) bond motifs is 1. The Kier molecular flexibility index (Phi) is 4.07. The Hall–Kier alpha value is -3.66. The molecule has 4 nitrogen and oxygen atoms in total. The number of ketones is 1. The van der Waals surface area contributed by atoms with Crippen LogP contribution in [0.25, 0.3) is 29.9 Å². The Balaban J connectivity index is 1.68. The van der Waals surface area contributed by atoms with Gasteiger partial charge < -0.3 is 9.52 Å². The molecule has 1 N–H and O–H groups in total. The fourth-order valence-electron chi connectivity index (χ4n) is 2.80. The third kappa shape index (κ3) is 3.13. The van der Waals surface area contributed by atoms with Crippen molar-refractivity contribution in [2.45, 2.75) is 0 Å². The first-order valence-corrected chi connectivity index (χ1v) is 8.17. The molecule has 0 radical (unpaired) electrons. The van der Waals surface area contributed by atoms with Crippen LogP contribution in [0, 0.1) is 0 Å². The molecule has 1 aliphatic carbocycles. The lowest BCUT2D eigenvalue weighted by atomic mass is 9.91. The number of carbonyl (C=O) groups is 1. The third-order valence-electron chi connectivity index (χ3n) is 4.08. The van der Waals surface area contributed by atoms with Gasteiger partial charge in [0.2, 0.25) is 5.89 Å². The van der Waals surface area contributed by atoms with Crippen LogP contribution >= 0.6 is 0 Å². The predicted molar refractivity (Wildman–Crippen MR) is 102 cm³/mol. The average Bonchev–Trinajstić information content (AvgIpc) is 3.03. The summed E-state index contributed by atoms with van der Waals surface area (Å²) in [6, 6.07) is 17.3. The van der Waals surface area contributed by atoms with E-state index in [1.807, 2.05) is 60.7 Å². The highest BCUT2D eigenvalue weighted by atomic mass is 16.5. The fourth-order valence-corrected chi connectivity index (χ4v) is 2.80. The normalized spacial score (nSPS) is 14.9. The number of oxazole rings is 1. The quantitative estimate of drug-likeness (QED) is 0.702. The highest BCUT2D eigenvalue weighted by Crippen LogP contribution is 2.30. The van der Waals surface area contributed by atoms with E-state index in [0.717, 1.165) is 16.7 Å². The number of allylic oxidation sites excluding steroid dienone is 2. The first-order valence-electron chi connectivity index (χ1n) is 8.17. The summed E-state index contributed by atoms with van der Waals surface area (Å²) in [6.07, 6.45) is 8.37. The Bertz CT molecular complexity index is 1060. The Morgan fingerprint density at radius 2 is 1.69 bits per heavy atom. The monoisotopic (exact) mass is 341 g/mol. The van der Waals surface area contributed by atoms with Crippen molar-refractivity contribution in [3.05, 3.63) is 88.9 Å². The van der Waals surface area contributed by atoms with Gasteiger partial charge in [-0.1, -0.05) is 60.7 Å². The molecule has 0 spiro atoms. The van der Waals surface area contributed by atoms with Crippen LogP contribution in [0.2, 0.25) is 0 Å². The van der Waals surface area contributed by atoms with Gasteiger partial charge in [0.1, 0.15) is 5.69 Å². The van der Waals surface area contributed by atoms with Crippen molar-refractivity contribution in [1.82, 2.24) is 4.98 Å². The maximum absolute atomic E-state index is 12.3. The van der Waals surface area contributed by atoms with Gasteiger partial charge in [0, 0.05) is 11.6 Å². The molecule has 0 atom stereocenters. The van der Waals surface area contributed by atoms with E-state index in [2.05, 4.69) is 4.98 Å². The molecule has 1 aliphatic rings. The maximum Gasteiger partial charge on any atom is 0.310 e. The van der Waals surface area contributed by atoms with Gasteiger partial charge in [0.25, 0.3) is 0 Å². The number of nitrogens with zero attached hydrogens (tertiary/aromatic N) is 1. The summed E-state index contributed by atoms with van der Waals surface area (Å²) >= 11 is 0.